The molecule has 2 rings (SSSR count). The fraction of sp³-hybridized carbons (Fsp3) is 1.00. The van der Waals surface area contributed by atoms with Crippen molar-refractivity contribution < 1.29 is 0 Å². The highest BCUT2D eigenvalue weighted by Crippen LogP contribution is 2.14. The molecule has 0 radical (unpaired) electrons. The maximum Gasteiger partial charge on any atom is 0.0224 e. The lowest BCUT2D eigenvalue weighted by Crippen LogP contribution is -2.53. The first-order valence-corrected chi connectivity index (χ1v) is 7.43. The monoisotopic (exact) mass is 239 g/mol. The van der Waals surface area contributed by atoms with Gasteiger partial charge in [-0.2, -0.15) is 0 Å². The summed E-state index contributed by atoms with van der Waals surface area (Å²) in [4.78, 5) is 5.35. The minimum absolute atomic E-state index is 0.770. The lowest BCUT2D eigenvalue weighted by Gasteiger charge is -2.38. The first-order chi connectivity index (χ1) is 8.25. The van der Waals surface area contributed by atoms with E-state index in [9.17, 15) is 0 Å². The van der Waals surface area contributed by atoms with Crippen molar-refractivity contribution in [3.05, 3.63) is 0 Å². The minimum atomic E-state index is 0.770. The van der Waals surface area contributed by atoms with Gasteiger partial charge in [0.25, 0.3) is 0 Å². The van der Waals surface area contributed by atoms with Gasteiger partial charge in [-0.25, -0.2) is 0 Å². The van der Waals surface area contributed by atoms with Crippen LogP contribution in [-0.4, -0.2) is 61.7 Å². The number of likely N-dealkylation sites (tertiary alicyclic amines) is 1. The van der Waals surface area contributed by atoms with Gasteiger partial charge in [0, 0.05) is 38.8 Å². The average molecular weight is 239 g/mol. The normalized spacial score (nSPS) is 28.1. The molecule has 0 bridgehead atoms. The Morgan fingerprint density at radius 1 is 1.12 bits per heavy atom. The molecule has 1 N–H and O–H groups in total. The molecule has 17 heavy (non-hydrogen) atoms. The molecule has 0 amide bonds. The van der Waals surface area contributed by atoms with Gasteiger partial charge >= 0.3 is 0 Å². The molecule has 100 valence electrons. The molecule has 0 aromatic rings. The topological polar surface area (TPSA) is 18.5 Å². The number of rotatable bonds is 5. The van der Waals surface area contributed by atoms with E-state index in [4.69, 9.17) is 0 Å². The van der Waals surface area contributed by atoms with Crippen molar-refractivity contribution in [2.24, 2.45) is 5.92 Å². The summed E-state index contributed by atoms with van der Waals surface area (Å²) in [5.74, 6) is 0.814. The van der Waals surface area contributed by atoms with Crippen molar-refractivity contribution in [3.63, 3.8) is 0 Å². The second kappa shape index (κ2) is 6.72. The Bertz CT molecular complexity index is 212. The van der Waals surface area contributed by atoms with Gasteiger partial charge < -0.3 is 10.2 Å². The van der Waals surface area contributed by atoms with Crippen LogP contribution in [0.5, 0.6) is 0 Å². The molecule has 2 saturated heterocycles. The summed E-state index contributed by atoms with van der Waals surface area (Å²) < 4.78 is 0. The third-order valence-corrected chi connectivity index (χ3v) is 4.12. The average Bonchev–Trinajstić information content (AvgIpc) is 2.80. The van der Waals surface area contributed by atoms with E-state index >= 15 is 0 Å². The van der Waals surface area contributed by atoms with Crippen LogP contribution in [0.2, 0.25) is 0 Å². The summed E-state index contributed by atoms with van der Waals surface area (Å²) in [6.45, 7) is 13.5. The van der Waals surface area contributed by atoms with Crippen LogP contribution in [0.3, 0.4) is 0 Å². The summed E-state index contributed by atoms with van der Waals surface area (Å²) in [6.07, 6.45) is 4.17. The SMILES string of the molecule is CC(C)CC1CNCCN1CCN1CCCC1. The number of nitrogens with one attached hydrogen (secondary N) is 1. The molecule has 2 aliphatic rings. The molecular weight excluding hydrogens is 210 g/mol. The summed E-state index contributed by atoms with van der Waals surface area (Å²) in [5.41, 5.74) is 0. The molecular formula is C14H29N3. The molecule has 1 atom stereocenters. The van der Waals surface area contributed by atoms with Crippen LogP contribution in [-0.2, 0) is 0 Å². The van der Waals surface area contributed by atoms with E-state index < -0.39 is 0 Å². The van der Waals surface area contributed by atoms with E-state index in [1.54, 1.807) is 0 Å². The van der Waals surface area contributed by atoms with Crippen molar-refractivity contribution in [1.82, 2.24) is 15.1 Å². The maximum absolute atomic E-state index is 3.54. The Morgan fingerprint density at radius 2 is 1.88 bits per heavy atom. The molecule has 2 aliphatic heterocycles. The van der Waals surface area contributed by atoms with Crippen LogP contribution in [0.25, 0.3) is 0 Å². The van der Waals surface area contributed by atoms with Gasteiger partial charge in [0.2, 0.25) is 0 Å². The number of hydrogen-bond acceptors (Lipinski definition) is 3. The van der Waals surface area contributed by atoms with Gasteiger partial charge in [0.1, 0.15) is 0 Å². The molecule has 0 aromatic carbocycles. The Kier molecular flexibility index (Phi) is 5.26. The zero-order valence-electron chi connectivity index (χ0n) is 11.6. The summed E-state index contributed by atoms with van der Waals surface area (Å²) >= 11 is 0. The van der Waals surface area contributed by atoms with Gasteiger partial charge in [0.15, 0.2) is 0 Å². The van der Waals surface area contributed by atoms with E-state index in [2.05, 4.69) is 29.0 Å². The van der Waals surface area contributed by atoms with Gasteiger partial charge in [0.05, 0.1) is 0 Å². The molecule has 0 aliphatic carbocycles. The number of nitrogens with zero attached hydrogens (tertiary/aromatic N) is 2. The van der Waals surface area contributed by atoms with Gasteiger partial charge in [-0.15, -0.1) is 0 Å². The number of piperazine rings is 1. The smallest absolute Gasteiger partial charge is 0.0224 e. The molecule has 0 aromatic heterocycles. The van der Waals surface area contributed by atoms with Gasteiger partial charge in [-0.3, -0.25) is 4.90 Å². The standard InChI is InChI=1S/C14H29N3/c1-13(2)11-14-12-15-5-8-17(14)10-9-16-6-3-4-7-16/h13-15H,3-12H2,1-2H3. The van der Waals surface area contributed by atoms with Crippen molar-refractivity contribution in [2.45, 2.75) is 39.2 Å². The van der Waals surface area contributed by atoms with Crippen LogP contribution in [0, 0.1) is 5.92 Å². The molecule has 0 saturated carbocycles. The predicted octanol–water partition coefficient (Wildman–Crippen LogP) is 1.40. The van der Waals surface area contributed by atoms with Gasteiger partial charge in [-0.1, -0.05) is 13.8 Å². The van der Waals surface area contributed by atoms with Crippen molar-refractivity contribution in [3.8, 4) is 0 Å². The molecule has 3 heteroatoms. The quantitative estimate of drug-likeness (QED) is 0.782. The fourth-order valence-corrected chi connectivity index (χ4v) is 3.15. The Labute approximate surface area is 107 Å². The van der Waals surface area contributed by atoms with Crippen LogP contribution in [0.15, 0.2) is 0 Å². The summed E-state index contributed by atoms with van der Waals surface area (Å²) in [5, 5.41) is 3.54. The highest BCUT2D eigenvalue weighted by Gasteiger charge is 2.23. The molecule has 1 unspecified atom stereocenters. The van der Waals surface area contributed by atoms with Crippen LogP contribution >= 0.6 is 0 Å². The van der Waals surface area contributed by atoms with Crippen molar-refractivity contribution in [1.29, 1.82) is 0 Å². The Morgan fingerprint density at radius 3 is 2.59 bits per heavy atom. The Balaban J connectivity index is 1.74. The lowest BCUT2D eigenvalue weighted by atomic mass is 10.0. The van der Waals surface area contributed by atoms with Crippen LogP contribution in [0.1, 0.15) is 33.1 Å². The van der Waals surface area contributed by atoms with Crippen LogP contribution < -0.4 is 5.32 Å². The van der Waals surface area contributed by atoms with Crippen molar-refractivity contribution >= 4 is 0 Å². The second-order valence-electron chi connectivity index (χ2n) is 6.07. The van der Waals surface area contributed by atoms with E-state index in [1.165, 1.54) is 65.1 Å². The molecule has 3 nitrogen and oxygen atoms in total. The first kappa shape index (κ1) is 13.3. The second-order valence-corrected chi connectivity index (χ2v) is 6.07. The van der Waals surface area contributed by atoms with E-state index in [1.807, 2.05) is 0 Å². The molecule has 0 spiro atoms. The summed E-state index contributed by atoms with van der Waals surface area (Å²) in [6, 6.07) is 0.770. The van der Waals surface area contributed by atoms with E-state index in [0.29, 0.717) is 0 Å². The summed E-state index contributed by atoms with van der Waals surface area (Å²) in [7, 11) is 0. The minimum Gasteiger partial charge on any atom is -0.314 e. The zero-order chi connectivity index (χ0) is 12.1. The van der Waals surface area contributed by atoms with E-state index in [0.717, 1.165) is 12.0 Å². The molecule has 2 heterocycles. The van der Waals surface area contributed by atoms with Crippen LogP contribution in [0.4, 0.5) is 0 Å². The third-order valence-electron chi connectivity index (χ3n) is 4.12. The Hall–Kier alpha value is -0.120. The number of hydrogen-bond donors (Lipinski definition) is 1. The zero-order valence-corrected chi connectivity index (χ0v) is 11.6. The highest BCUT2D eigenvalue weighted by molar-refractivity contribution is 4.81. The lowest BCUT2D eigenvalue weighted by molar-refractivity contribution is 0.126. The van der Waals surface area contributed by atoms with Crippen molar-refractivity contribution in [2.75, 3.05) is 45.8 Å². The predicted molar refractivity (Wildman–Crippen MR) is 73.4 cm³/mol. The largest absolute Gasteiger partial charge is 0.314 e. The maximum atomic E-state index is 3.54. The third kappa shape index (κ3) is 4.23. The molecule has 2 fully saturated rings. The highest BCUT2D eigenvalue weighted by atomic mass is 15.2. The van der Waals surface area contributed by atoms with Gasteiger partial charge in [-0.05, 0) is 38.3 Å². The first-order valence-electron chi connectivity index (χ1n) is 7.43. The van der Waals surface area contributed by atoms with E-state index in [-0.39, 0.29) is 0 Å². The fourth-order valence-electron chi connectivity index (χ4n) is 3.15.